The van der Waals surface area contributed by atoms with Crippen LogP contribution in [0.2, 0.25) is 0 Å². The van der Waals surface area contributed by atoms with Crippen molar-refractivity contribution >= 4 is 0 Å². The quantitative estimate of drug-likeness (QED) is 0.571. The Bertz CT molecular complexity index is 780. The fraction of sp³-hybridized carbons (Fsp3) is 0.217. The van der Waals surface area contributed by atoms with E-state index in [2.05, 4.69) is 63.2 Å². The number of rotatable bonds is 4. The van der Waals surface area contributed by atoms with Crippen molar-refractivity contribution in [1.82, 2.24) is 0 Å². The van der Waals surface area contributed by atoms with Gasteiger partial charge in [-0.25, -0.2) is 0 Å². The van der Waals surface area contributed by atoms with Crippen molar-refractivity contribution in [3.8, 4) is 16.9 Å². The van der Waals surface area contributed by atoms with Crippen molar-refractivity contribution in [3.05, 3.63) is 90.0 Å². The van der Waals surface area contributed by atoms with E-state index in [9.17, 15) is 0 Å². The van der Waals surface area contributed by atoms with Gasteiger partial charge in [0, 0.05) is 5.56 Å². The van der Waals surface area contributed by atoms with Crippen LogP contribution in [0.5, 0.6) is 5.75 Å². The van der Waals surface area contributed by atoms with E-state index in [1.54, 1.807) is 0 Å². The van der Waals surface area contributed by atoms with Crippen molar-refractivity contribution in [2.24, 2.45) is 0 Å². The molecule has 24 heavy (non-hydrogen) atoms. The van der Waals surface area contributed by atoms with E-state index < -0.39 is 0 Å². The highest BCUT2D eigenvalue weighted by atomic mass is 16.5. The number of benzene rings is 3. The Kier molecular flexibility index (Phi) is 4.71. The first-order chi connectivity index (χ1) is 11.5. The summed E-state index contributed by atoms with van der Waals surface area (Å²) in [7, 11) is 0. The summed E-state index contributed by atoms with van der Waals surface area (Å²) in [5.74, 6) is 0.864. The van der Waals surface area contributed by atoms with Gasteiger partial charge in [-0.15, -0.1) is 0 Å². The van der Waals surface area contributed by atoms with Crippen LogP contribution in [0.4, 0.5) is 0 Å². The topological polar surface area (TPSA) is 9.23 Å². The van der Waals surface area contributed by atoms with E-state index in [-0.39, 0.29) is 5.41 Å². The Morgan fingerprint density at radius 2 is 1.58 bits per heavy atom. The van der Waals surface area contributed by atoms with Gasteiger partial charge in [0.05, 0.1) is 0 Å². The molecule has 0 unspecified atom stereocenters. The van der Waals surface area contributed by atoms with Gasteiger partial charge in [0.15, 0.2) is 0 Å². The Morgan fingerprint density at radius 3 is 2.25 bits per heavy atom. The summed E-state index contributed by atoms with van der Waals surface area (Å²) < 4.78 is 6.07. The highest BCUT2D eigenvalue weighted by Crippen LogP contribution is 2.30. The van der Waals surface area contributed by atoms with Crippen LogP contribution in [0.1, 0.15) is 31.9 Å². The highest BCUT2D eigenvalue weighted by Gasteiger charge is 2.13. The van der Waals surface area contributed by atoms with Crippen molar-refractivity contribution in [3.63, 3.8) is 0 Å². The standard InChI is InChI=1S/C23H23O/c1-23(2,3)20-15-13-18(14-16-20)17-24-22-12-8-7-11-21(22)19-9-5-4-6-10-19/h4-7,9-16H,17H2,1-3H3. The molecular formula is C23H23O. The van der Waals surface area contributed by atoms with Crippen LogP contribution in [-0.4, -0.2) is 0 Å². The molecule has 121 valence electrons. The van der Waals surface area contributed by atoms with Crippen molar-refractivity contribution < 1.29 is 4.74 Å². The van der Waals surface area contributed by atoms with Crippen molar-refractivity contribution in [2.75, 3.05) is 0 Å². The second-order valence-corrected chi connectivity index (χ2v) is 7.02. The number of hydrogen-bond donors (Lipinski definition) is 0. The van der Waals surface area contributed by atoms with E-state index in [4.69, 9.17) is 4.74 Å². The smallest absolute Gasteiger partial charge is 0.128 e. The molecule has 0 bridgehead atoms. The summed E-state index contributed by atoms with van der Waals surface area (Å²) >= 11 is 0. The SMILES string of the molecule is CC(C)(C)c1ccc(COc2c[c]ccc2-c2ccccc2)cc1. The third-order valence-electron chi connectivity index (χ3n) is 4.13. The maximum atomic E-state index is 6.07. The first-order valence-electron chi connectivity index (χ1n) is 8.32. The molecule has 1 radical (unpaired) electrons. The van der Waals surface area contributed by atoms with Gasteiger partial charge in [-0.05, 0) is 34.2 Å². The molecule has 3 rings (SSSR count). The van der Waals surface area contributed by atoms with Gasteiger partial charge in [-0.3, -0.25) is 0 Å². The van der Waals surface area contributed by atoms with E-state index >= 15 is 0 Å². The molecule has 0 N–H and O–H groups in total. The van der Waals surface area contributed by atoms with Crippen LogP contribution in [0.3, 0.4) is 0 Å². The number of hydrogen-bond acceptors (Lipinski definition) is 1. The van der Waals surface area contributed by atoms with Gasteiger partial charge in [-0.2, -0.15) is 0 Å². The summed E-state index contributed by atoms with van der Waals surface area (Å²) in [5.41, 5.74) is 4.94. The maximum absolute atomic E-state index is 6.07. The highest BCUT2D eigenvalue weighted by molar-refractivity contribution is 5.70. The molecule has 0 aliphatic rings. The average molecular weight is 315 g/mol. The molecule has 0 atom stereocenters. The molecule has 0 saturated heterocycles. The summed E-state index contributed by atoms with van der Waals surface area (Å²) in [6.45, 7) is 7.24. The van der Waals surface area contributed by atoms with Gasteiger partial charge in [-0.1, -0.05) is 87.5 Å². The third kappa shape index (κ3) is 3.86. The Morgan fingerprint density at radius 1 is 0.875 bits per heavy atom. The molecule has 3 aromatic carbocycles. The lowest BCUT2D eigenvalue weighted by molar-refractivity contribution is 0.307. The second-order valence-electron chi connectivity index (χ2n) is 7.02. The van der Waals surface area contributed by atoms with E-state index in [1.165, 1.54) is 11.1 Å². The predicted molar refractivity (Wildman–Crippen MR) is 100 cm³/mol. The average Bonchev–Trinajstić information content (AvgIpc) is 2.60. The van der Waals surface area contributed by atoms with E-state index in [0.29, 0.717) is 6.61 Å². The van der Waals surface area contributed by atoms with Gasteiger partial charge in [0.25, 0.3) is 0 Å². The minimum atomic E-state index is 0.175. The summed E-state index contributed by atoms with van der Waals surface area (Å²) in [6.07, 6.45) is 0. The molecule has 1 nitrogen and oxygen atoms in total. The van der Waals surface area contributed by atoms with Crippen LogP contribution < -0.4 is 4.74 Å². The summed E-state index contributed by atoms with van der Waals surface area (Å²) in [4.78, 5) is 0. The van der Waals surface area contributed by atoms with Crippen LogP contribution in [0.15, 0.2) is 72.8 Å². The van der Waals surface area contributed by atoms with Crippen LogP contribution in [0, 0.1) is 6.07 Å². The van der Waals surface area contributed by atoms with Gasteiger partial charge < -0.3 is 4.74 Å². The Hall–Kier alpha value is -2.54. The molecule has 0 saturated carbocycles. The first kappa shape index (κ1) is 16.3. The molecule has 0 heterocycles. The van der Waals surface area contributed by atoms with Crippen LogP contribution in [0.25, 0.3) is 11.1 Å². The zero-order chi connectivity index (χ0) is 17.0. The minimum absolute atomic E-state index is 0.175. The zero-order valence-corrected chi connectivity index (χ0v) is 14.5. The number of ether oxygens (including phenoxy) is 1. The first-order valence-corrected chi connectivity index (χ1v) is 8.32. The molecule has 0 fully saturated rings. The largest absolute Gasteiger partial charge is 0.488 e. The van der Waals surface area contributed by atoms with E-state index in [0.717, 1.165) is 16.9 Å². The molecule has 1 heteroatoms. The lowest BCUT2D eigenvalue weighted by Crippen LogP contribution is -2.10. The molecule has 0 aromatic heterocycles. The Labute approximate surface area is 144 Å². The van der Waals surface area contributed by atoms with Gasteiger partial charge >= 0.3 is 0 Å². The molecule has 0 amide bonds. The summed E-state index contributed by atoms with van der Waals surface area (Å²) in [5, 5.41) is 0. The molecule has 3 aromatic rings. The Balaban J connectivity index is 1.76. The summed E-state index contributed by atoms with van der Waals surface area (Å²) in [6, 6.07) is 28.0. The fourth-order valence-corrected chi connectivity index (χ4v) is 2.65. The monoisotopic (exact) mass is 315 g/mol. The molecule has 0 aliphatic carbocycles. The van der Waals surface area contributed by atoms with Crippen LogP contribution >= 0.6 is 0 Å². The lowest BCUT2D eigenvalue weighted by atomic mass is 9.87. The predicted octanol–water partition coefficient (Wildman–Crippen LogP) is 6.03. The third-order valence-corrected chi connectivity index (χ3v) is 4.13. The van der Waals surface area contributed by atoms with Gasteiger partial charge in [0.2, 0.25) is 0 Å². The van der Waals surface area contributed by atoms with Gasteiger partial charge in [0.1, 0.15) is 12.4 Å². The molecule has 0 spiro atoms. The van der Waals surface area contributed by atoms with Crippen molar-refractivity contribution in [1.29, 1.82) is 0 Å². The van der Waals surface area contributed by atoms with Crippen molar-refractivity contribution in [2.45, 2.75) is 32.8 Å². The zero-order valence-electron chi connectivity index (χ0n) is 14.5. The molecule has 0 aliphatic heterocycles. The lowest BCUT2D eigenvalue weighted by Gasteiger charge is -2.19. The fourth-order valence-electron chi connectivity index (χ4n) is 2.65. The minimum Gasteiger partial charge on any atom is -0.488 e. The molecular weight excluding hydrogens is 292 g/mol. The normalized spacial score (nSPS) is 11.3. The van der Waals surface area contributed by atoms with Crippen LogP contribution in [-0.2, 0) is 12.0 Å². The van der Waals surface area contributed by atoms with E-state index in [1.807, 2.05) is 36.4 Å². The maximum Gasteiger partial charge on any atom is 0.128 e. The second kappa shape index (κ2) is 6.92.